The molecule has 1 aromatic heterocycles. The average Bonchev–Trinajstić information content (AvgIpc) is 2.80. The van der Waals surface area contributed by atoms with Gasteiger partial charge >= 0.3 is 6.18 Å². The van der Waals surface area contributed by atoms with Crippen LogP contribution in [-0.2, 0) is 22.7 Å². The minimum absolute atomic E-state index is 0.146. The number of amides is 1. The molecule has 7 nitrogen and oxygen atoms in total. The number of carbonyl (C=O) groups excluding carboxylic acids is 1. The number of sulfonamides is 1. The molecule has 0 aliphatic carbocycles. The molecule has 2 heterocycles. The SMILES string of the molecule is COc1cc(F)ccc1-c1ccncc1CNC(=O)c1cc(C(F)(F)F)cc(S(=O)(=O)N2CCC2)c1. The van der Waals surface area contributed by atoms with Gasteiger partial charge in [-0.25, -0.2) is 12.8 Å². The van der Waals surface area contributed by atoms with Gasteiger partial charge in [-0.2, -0.15) is 17.5 Å². The molecule has 1 amide bonds. The molecule has 0 atom stereocenters. The van der Waals surface area contributed by atoms with E-state index in [4.69, 9.17) is 4.74 Å². The third-order valence-electron chi connectivity index (χ3n) is 5.75. The summed E-state index contributed by atoms with van der Waals surface area (Å²) in [6, 6.07) is 7.63. The van der Waals surface area contributed by atoms with Gasteiger partial charge in [0.05, 0.1) is 17.6 Å². The van der Waals surface area contributed by atoms with Gasteiger partial charge in [0.2, 0.25) is 10.0 Å². The molecule has 1 aliphatic rings. The minimum atomic E-state index is -4.86. The summed E-state index contributed by atoms with van der Waals surface area (Å²) in [6.07, 6.45) is -1.31. The van der Waals surface area contributed by atoms with Crippen molar-refractivity contribution in [3.63, 3.8) is 0 Å². The van der Waals surface area contributed by atoms with Crippen molar-refractivity contribution in [3.8, 4) is 16.9 Å². The molecule has 0 radical (unpaired) electrons. The Balaban J connectivity index is 1.64. The second-order valence-corrected chi connectivity index (χ2v) is 10.00. The summed E-state index contributed by atoms with van der Waals surface area (Å²) in [6.45, 7) is 0.264. The van der Waals surface area contributed by atoms with E-state index in [9.17, 15) is 30.8 Å². The van der Waals surface area contributed by atoms with E-state index in [0.29, 0.717) is 35.2 Å². The second-order valence-electron chi connectivity index (χ2n) is 8.06. The first-order valence-electron chi connectivity index (χ1n) is 10.8. The van der Waals surface area contributed by atoms with E-state index in [2.05, 4.69) is 10.3 Å². The molecule has 1 aliphatic heterocycles. The number of nitrogens with zero attached hydrogens (tertiary/aromatic N) is 2. The summed E-state index contributed by atoms with van der Waals surface area (Å²) in [5.74, 6) is -1.16. The Morgan fingerprint density at radius 1 is 1.11 bits per heavy atom. The predicted molar refractivity (Wildman–Crippen MR) is 122 cm³/mol. The molecule has 4 rings (SSSR count). The Labute approximate surface area is 204 Å². The molecule has 0 spiro atoms. The van der Waals surface area contributed by atoms with Crippen molar-refractivity contribution in [3.05, 3.63) is 77.4 Å². The topological polar surface area (TPSA) is 88.6 Å². The number of hydrogen-bond donors (Lipinski definition) is 1. The van der Waals surface area contributed by atoms with Crippen LogP contribution in [0.25, 0.3) is 11.1 Å². The van der Waals surface area contributed by atoms with Crippen molar-refractivity contribution in [2.24, 2.45) is 0 Å². The fourth-order valence-corrected chi connectivity index (χ4v) is 5.30. The Kier molecular flexibility index (Phi) is 7.01. The van der Waals surface area contributed by atoms with Crippen molar-refractivity contribution in [2.45, 2.75) is 24.0 Å². The fraction of sp³-hybridized carbons (Fsp3) is 0.250. The molecule has 0 saturated carbocycles. The van der Waals surface area contributed by atoms with Gasteiger partial charge in [0.15, 0.2) is 0 Å². The number of methoxy groups -OCH3 is 1. The zero-order chi connectivity index (χ0) is 26.1. The number of hydrogen-bond acceptors (Lipinski definition) is 5. The summed E-state index contributed by atoms with van der Waals surface area (Å²) < 4.78 is 85.9. The van der Waals surface area contributed by atoms with Crippen molar-refractivity contribution in [1.29, 1.82) is 0 Å². The van der Waals surface area contributed by atoms with Crippen LogP contribution in [0, 0.1) is 5.82 Å². The predicted octanol–water partition coefficient (Wildman–Crippen LogP) is 4.24. The van der Waals surface area contributed by atoms with Gasteiger partial charge in [0, 0.05) is 49.2 Å². The number of ether oxygens (including phenoxy) is 1. The molecule has 12 heteroatoms. The standard InChI is InChI=1S/C24H21F4N3O4S/c1-35-22-12-18(25)3-4-21(22)20-5-6-29-13-16(20)14-30-23(32)15-9-17(24(26,27)28)11-19(10-15)36(33,34)31-7-2-8-31/h3-6,9-13H,2,7-8,14H2,1H3,(H,30,32). The third-order valence-corrected chi connectivity index (χ3v) is 7.62. The number of nitrogens with one attached hydrogen (secondary N) is 1. The first-order chi connectivity index (χ1) is 17.0. The van der Waals surface area contributed by atoms with Crippen LogP contribution in [0.3, 0.4) is 0 Å². The highest BCUT2D eigenvalue weighted by Gasteiger charge is 2.36. The summed E-state index contributed by atoms with van der Waals surface area (Å²) in [5, 5.41) is 2.52. The molecule has 1 saturated heterocycles. The average molecular weight is 524 g/mol. The van der Waals surface area contributed by atoms with Crippen LogP contribution in [0.1, 0.15) is 27.9 Å². The zero-order valence-electron chi connectivity index (χ0n) is 19.0. The van der Waals surface area contributed by atoms with E-state index in [1.165, 1.54) is 37.7 Å². The van der Waals surface area contributed by atoms with Crippen LogP contribution >= 0.6 is 0 Å². The van der Waals surface area contributed by atoms with Gasteiger partial charge in [0.25, 0.3) is 5.91 Å². The number of benzene rings is 2. The maximum absolute atomic E-state index is 13.6. The Hall–Kier alpha value is -3.51. The number of alkyl halides is 3. The molecular weight excluding hydrogens is 502 g/mol. The van der Waals surface area contributed by atoms with Crippen LogP contribution in [0.2, 0.25) is 0 Å². The second kappa shape index (κ2) is 9.86. The summed E-state index contributed by atoms with van der Waals surface area (Å²) >= 11 is 0. The molecule has 1 fully saturated rings. The first kappa shape index (κ1) is 25.6. The van der Waals surface area contributed by atoms with Crippen LogP contribution in [0.4, 0.5) is 17.6 Å². The number of halogens is 4. The Bertz CT molecular complexity index is 1410. The van der Waals surface area contributed by atoms with Gasteiger partial charge in [-0.05, 0) is 53.9 Å². The van der Waals surface area contributed by atoms with E-state index in [1.54, 1.807) is 6.07 Å². The highest BCUT2D eigenvalue weighted by molar-refractivity contribution is 7.89. The zero-order valence-corrected chi connectivity index (χ0v) is 19.8. The fourth-order valence-electron chi connectivity index (χ4n) is 3.72. The minimum Gasteiger partial charge on any atom is -0.496 e. The van der Waals surface area contributed by atoms with Gasteiger partial charge in [-0.15, -0.1) is 0 Å². The van der Waals surface area contributed by atoms with E-state index >= 15 is 0 Å². The largest absolute Gasteiger partial charge is 0.496 e. The van der Waals surface area contributed by atoms with E-state index in [0.717, 1.165) is 10.4 Å². The lowest BCUT2D eigenvalue weighted by molar-refractivity contribution is -0.137. The number of rotatable bonds is 7. The molecule has 0 bridgehead atoms. The third kappa shape index (κ3) is 5.19. The summed E-state index contributed by atoms with van der Waals surface area (Å²) in [5.41, 5.74) is -0.128. The quantitative estimate of drug-likeness (QED) is 0.468. The molecule has 1 N–H and O–H groups in total. The smallest absolute Gasteiger partial charge is 0.416 e. The molecule has 3 aromatic rings. The van der Waals surface area contributed by atoms with Crippen molar-refractivity contribution in [2.75, 3.05) is 20.2 Å². The van der Waals surface area contributed by atoms with E-state index < -0.39 is 43.9 Å². The van der Waals surface area contributed by atoms with Crippen LogP contribution in [-0.4, -0.2) is 43.8 Å². The lowest BCUT2D eigenvalue weighted by Gasteiger charge is -2.30. The molecule has 36 heavy (non-hydrogen) atoms. The van der Waals surface area contributed by atoms with Gasteiger partial charge < -0.3 is 10.1 Å². The van der Waals surface area contributed by atoms with Crippen LogP contribution in [0.15, 0.2) is 59.8 Å². The molecule has 0 unspecified atom stereocenters. The lowest BCUT2D eigenvalue weighted by Crippen LogP contribution is -2.42. The molecular formula is C24H21F4N3O4S. The van der Waals surface area contributed by atoms with Crippen molar-refractivity contribution >= 4 is 15.9 Å². The van der Waals surface area contributed by atoms with Crippen molar-refractivity contribution < 1.29 is 35.5 Å². The van der Waals surface area contributed by atoms with Crippen molar-refractivity contribution in [1.82, 2.24) is 14.6 Å². The van der Waals surface area contributed by atoms with Crippen LogP contribution < -0.4 is 10.1 Å². The first-order valence-corrected chi connectivity index (χ1v) is 12.2. The molecule has 190 valence electrons. The monoisotopic (exact) mass is 523 g/mol. The highest BCUT2D eigenvalue weighted by Crippen LogP contribution is 2.34. The Morgan fingerprint density at radius 3 is 2.50 bits per heavy atom. The summed E-state index contributed by atoms with van der Waals surface area (Å²) in [4.78, 5) is 16.3. The lowest BCUT2D eigenvalue weighted by atomic mass is 10.0. The highest BCUT2D eigenvalue weighted by atomic mass is 32.2. The maximum atomic E-state index is 13.6. The van der Waals surface area contributed by atoms with Gasteiger partial charge in [-0.1, -0.05) is 0 Å². The normalized spacial score (nSPS) is 14.2. The van der Waals surface area contributed by atoms with Gasteiger partial charge in [0.1, 0.15) is 11.6 Å². The van der Waals surface area contributed by atoms with Gasteiger partial charge in [-0.3, -0.25) is 9.78 Å². The van der Waals surface area contributed by atoms with E-state index in [1.807, 2.05) is 0 Å². The van der Waals surface area contributed by atoms with Crippen LogP contribution in [0.5, 0.6) is 5.75 Å². The summed E-state index contributed by atoms with van der Waals surface area (Å²) in [7, 11) is -2.79. The number of carbonyl (C=O) groups is 1. The van der Waals surface area contributed by atoms with E-state index in [-0.39, 0.29) is 25.4 Å². The molecule has 2 aromatic carbocycles. The number of pyridine rings is 1. The maximum Gasteiger partial charge on any atom is 0.416 e. The number of aromatic nitrogens is 1. The Morgan fingerprint density at radius 2 is 1.86 bits per heavy atom.